The Hall–Kier alpha value is -3.78. The fourth-order valence-corrected chi connectivity index (χ4v) is 3.88. The fraction of sp³-hybridized carbons (Fsp3) is 0.120. The largest absolute Gasteiger partial charge is 0.497 e. The number of amidine groups is 1. The van der Waals surface area contributed by atoms with Gasteiger partial charge in [-0.3, -0.25) is 4.79 Å². The molecule has 1 aliphatic rings. The van der Waals surface area contributed by atoms with Crippen LogP contribution in [-0.2, 0) is 11.4 Å². The summed E-state index contributed by atoms with van der Waals surface area (Å²) in [6, 6.07) is 18.8. The minimum absolute atomic E-state index is 0.220. The van der Waals surface area contributed by atoms with E-state index in [2.05, 4.69) is 10.3 Å². The Bertz CT molecular complexity index is 1210. The fourth-order valence-electron chi connectivity index (χ4n) is 3.04. The highest BCUT2D eigenvalue weighted by molar-refractivity contribution is 8.18. The summed E-state index contributed by atoms with van der Waals surface area (Å²) < 4.78 is 29.5. The number of ether oxygens (including phenoxy) is 3. The van der Waals surface area contributed by atoms with Crippen molar-refractivity contribution in [1.29, 1.82) is 0 Å². The molecule has 0 saturated carbocycles. The Morgan fingerprint density at radius 3 is 2.42 bits per heavy atom. The summed E-state index contributed by atoms with van der Waals surface area (Å²) in [4.78, 5) is 17.4. The van der Waals surface area contributed by atoms with E-state index >= 15 is 0 Å². The number of carbonyl (C=O) groups excluding carboxylic acids is 1. The highest BCUT2D eigenvalue weighted by atomic mass is 32.2. The van der Waals surface area contributed by atoms with Crippen molar-refractivity contribution < 1.29 is 23.4 Å². The zero-order valence-electron chi connectivity index (χ0n) is 18.0. The Balaban J connectivity index is 1.46. The molecule has 1 N–H and O–H groups in total. The first kappa shape index (κ1) is 22.4. The molecule has 1 aliphatic heterocycles. The molecule has 0 radical (unpaired) electrons. The zero-order chi connectivity index (χ0) is 23.2. The quantitative estimate of drug-likeness (QED) is 0.480. The Kier molecular flexibility index (Phi) is 6.95. The number of nitrogens with one attached hydrogen (secondary N) is 1. The van der Waals surface area contributed by atoms with Gasteiger partial charge < -0.3 is 19.5 Å². The van der Waals surface area contributed by atoms with Crippen LogP contribution in [0.3, 0.4) is 0 Å². The van der Waals surface area contributed by atoms with Gasteiger partial charge in [0, 0.05) is 0 Å². The standard InChI is InChI=1S/C25H21FN2O4S/c1-30-20-10-8-19(9-11-20)27-25-28-24(29)23(33-25)14-17-5-12-21(22(13-17)31-2)32-15-16-3-6-18(26)7-4-16/h3-14H,15H2,1-2H3,(H,27,28,29)/b23-14-. The van der Waals surface area contributed by atoms with Crippen LogP contribution in [0.5, 0.6) is 17.2 Å². The van der Waals surface area contributed by atoms with E-state index in [9.17, 15) is 9.18 Å². The molecule has 6 nitrogen and oxygen atoms in total. The van der Waals surface area contributed by atoms with E-state index in [0.29, 0.717) is 27.3 Å². The normalized spacial score (nSPS) is 15.5. The second-order valence-corrected chi connectivity index (χ2v) is 8.04. The van der Waals surface area contributed by atoms with Crippen molar-refractivity contribution in [2.24, 2.45) is 4.99 Å². The number of methoxy groups -OCH3 is 2. The van der Waals surface area contributed by atoms with Crippen molar-refractivity contribution in [2.45, 2.75) is 6.61 Å². The summed E-state index contributed by atoms with van der Waals surface area (Å²) >= 11 is 1.26. The molecule has 0 aliphatic carbocycles. The van der Waals surface area contributed by atoms with Gasteiger partial charge in [0.1, 0.15) is 18.2 Å². The number of hydrogen-bond donors (Lipinski definition) is 1. The van der Waals surface area contributed by atoms with E-state index in [1.54, 1.807) is 44.6 Å². The van der Waals surface area contributed by atoms with Crippen LogP contribution in [-0.4, -0.2) is 25.3 Å². The van der Waals surface area contributed by atoms with Gasteiger partial charge in [-0.25, -0.2) is 9.38 Å². The van der Waals surface area contributed by atoms with Gasteiger partial charge in [0.15, 0.2) is 16.7 Å². The number of carbonyl (C=O) groups is 1. The molecule has 3 aromatic rings. The smallest absolute Gasteiger partial charge is 0.264 e. The lowest BCUT2D eigenvalue weighted by molar-refractivity contribution is -0.115. The number of thioether (sulfide) groups is 1. The summed E-state index contributed by atoms with van der Waals surface area (Å²) in [6.07, 6.45) is 1.77. The van der Waals surface area contributed by atoms with Crippen LogP contribution in [0.4, 0.5) is 10.1 Å². The molecular weight excluding hydrogens is 443 g/mol. The van der Waals surface area contributed by atoms with E-state index in [-0.39, 0.29) is 18.3 Å². The predicted octanol–water partition coefficient (Wildman–Crippen LogP) is 5.31. The van der Waals surface area contributed by atoms with E-state index in [1.807, 2.05) is 30.3 Å². The van der Waals surface area contributed by atoms with Crippen LogP contribution < -0.4 is 19.5 Å². The van der Waals surface area contributed by atoms with Gasteiger partial charge in [0.2, 0.25) is 0 Å². The lowest BCUT2D eigenvalue weighted by Gasteiger charge is -2.11. The molecule has 1 fully saturated rings. The van der Waals surface area contributed by atoms with Gasteiger partial charge in [-0.05, 0) is 77.5 Å². The predicted molar refractivity (Wildman–Crippen MR) is 128 cm³/mol. The third kappa shape index (κ3) is 5.72. The van der Waals surface area contributed by atoms with E-state index < -0.39 is 0 Å². The maximum atomic E-state index is 13.1. The number of halogens is 1. The van der Waals surface area contributed by atoms with Crippen LogP contribution >= 0.6 is 11.8 Å². The number of nitrogens with zero attached hydrogens (tertiary/aromatic N) is 1. The van der Waals surface area contributed by atoms with Crippen molar-refractivity contribution in [1.82, 2.24) is 5.32 Å². The van der Waals surface area contributed by atoms with Gasteiger partial charge >= 0.3 is 0 Å². The molecule has 3 aromatic carbocycles. The highest BCUT2D eigenvalue weighted by Gasteiger charge is 2.24. The SMILES string of the molecule is COc1ccc(N=C2NC(=O)/C(=C/c3ccc(OCc4ccc(F)cc4)c(OC)c3)S2)cc1. The first-order valence-corrected chi connectivity index (χ1v) is 10.8. The second kappa shape index (κ2) is 10.2. The van der Waals surface area contributed by atoms with Crippen LogP contribution in [0, 0.1) is 5.82 Å². The molecule has 168 valence electrons. The first-order chi connectivity index (χ1) is 16.0. The van der Waals surface area contributed by atoms with Gasteiger partial charge in [0.05, 0.1) is 24.8 Å². The minimum Gasteiger partial charge on any atom is -0.497 e. The number of rotatable bonds is 7. The Labute approximate surface area is 195 Å². The van der Waals surface area contributed by atoms with E-state index in [0.717, 1.165) is 16.9 Å². The average molecular weight is 465 g/mol. The maximum absolute atomic E-state index is 13.1. The molecule has 4 rings (SSSR count). The first-order valence-electron chi connectivity index (χ1n) is 10.0. The lowest BCUT2D eigenvalue weighted by atomic mass is 10.2. The molecule has 0 aromatic heterocycles. The molecule has 33 heavy (non-hydrogen) atoms. The number of hydrogen-bond acceptors (Lipinski definition) is 6. The van der Waals surface area contributed by atoms with Crippen LogP contribution in [0.15, 0.2) is 76.6 Å². The van der Waals surface area contributed by atoms with E-state index in [1.165, 1.54) is 23.9 Å². The summed E-state index contributed by atoms with van der Waals surface area (Å²) in [6.45, 7) is 0.278. The van der Waals surface area contributed by atoms with Gasteiger partial charge in [-0.1, -0.05) is 18.2 Å². The van der Waals surface area contributed by atoms with Crippen molar-refractivity contribution in [3.8, 4) is 17.2 Å². The highest BCUT2D eigenvalue weighted by Crippen LogP contribution is 2.33. The van der Waals surface area contributed by atoms with Crippen LogP contribution in [0.2, 0.25) is 0 Å². The van der Waals surface area contributed by atoms with Crippen LogP contribution in [0.1, 0.15) is 11.1 Å². The molecule has 0 spiro atoms. The molecule has 0 atom stereocenters. The summed E-state index contributed by atoms with van der Waals surface area (Å²) in [5, 5.41) is 3.28. The molecule has 0 bridgehead atoms. The topological polar surface area (TPSA) is 69.2 Å². The lowest BCUT2D eigenvalue weighted by Crippen LogP contribution is -2.19. The second-order valence-electron chi connectivity index (χ2n) is 7.01. The molecule has 0 unspecified atom stereocenters. The third-order valence-corrected chi connectivity index (χ3v) is 5.66. The monoisotopic (exact) mass is 464 g/mol. The molecular formula is C25H21FN2O4S. The summed E-state index contributed by atoms with van der Waals surface area (Å²) in [7, 11) is 3.15. The van der Waals surface area contributed by atoms with Crippen molar-refractivity contribution in [3.63, 3.8) is 0 Å². The number of aliphatic imine (C=N–C) groups is 1. The van der Waals surface area contributed by atoms with Crippen molar-refractivity contribution >= 4 is 34.6 Å². The molecule has 1 heterocycles. The average Bonchev–Trinajstić information content (AvgIpc) is 3.17. The van der Waals surface area contributed by atoms with Gasteiger partial charge in [-0.2, -0.15) is 0 Å². The number of benzene rings is 3. The Morgan fingerprint density at radius 2 is 1.73 bits per heavy atom. The minimum atomic E-state index is -0.292. The van der Waals surface area contributed by atoms with Gasteiger partial charge in [-0.15, -0.1) is 0 Å². The van der Waals surface area contributed by atoms with Gasteiger partial charge in [0.25, 0.3) is 5.91 Å². The molecule has 1 saturated heterocycles. The summed E-state index contributed by atoms with van der Waals surface area (Å²) in [5.74, 6) is 1.31. The van der Waals surface area contributed by atoms with Crippen molar-refractivity contribution in [2.75, 3.05) is 14.2 Å². The summed E-state index contributed by atoms with van der Waals surface area (Å²) in [5.41, 5.74) is 2.33. The molecule has 1 amide bonds. The number of amides is 1. The molecule has 8 heteroatoms. The van der Waals surface area contributed by atoms with Crippen molar-refractivity contribution in [3.05, 3.63) is 88.6 Å². The maximum Gasteiger partial charge on any atom is 0.264 e. The Morgan fingerprint density at radius 1 is 0.970 bits per heavy atom. The van der Waals surface area contributed by atoms with E-state index in [4.69, 9.17) is 14.2 Å². The zero-order valence-corrected chi connectivity index (χ0v) is 18.8. The van der Waals surface area contributed by atoms with Crippen LogP contribution in [0.25, 0.3) is 6.08 Å². The third-order valence-electron chi connectivity index (χ3n) is 4.75.